The first kappa shape index (κ1) is 23.1. The summed E-state index contributed by atoms with van der Waals surface area (Å²) in [4.78, 5) is 14.7. The van der Waals surface area contributed by atoms with Crippen molar-refractivity contribution >= 4 is 28.9 Å². The van der Waals surface area contributed by atoms with Crippen molar-refractivity contribution in [1.82, 2.24) is 14.5 Å². The average molecular weight is 479 g/mol. The Morgan fingerprint density at radius 3 is 2.76 bits per heavy atom. The van der Waals surface area contributed by atoms with Crippen molar-refractivity contribution in [3.63, 3.8) is 0 Å². The Hall–Kier alpha value is -2.67. The molecule has 1 amide bonds. The number of fused-ring (bicyclic) bond motifs is 1. The number of rotatable bonds is 9. The average Bonchev–Trinajstić information content (AvgIpc) is 3.45. The third-order valence-electron chi connectivity index (χ3n) is 7.08. The number of likely N-dealkylation sites (tertiary alicyclic amines) is 1. The fourth-order valence-electron chi connectivity index (χ4n) is 5.21. The largest absolute Gasteiger partial charge is 0.496 e. The third kappa shape index (κ3) is 4.38. The summed E-state index contributed by atoms with van der Waals surface area (Å²) in [5.41, 5.74) is 6.42. The van der Waals surface area contributed by atoms with E-state index in [0.29, 0.717) is 6.42 Å². The quantitative estimate of drug-likeness (QED) is 0.388. The normalized spacial score (nSPS) is 16.9. The van der Waals surface area contributed by atoms with Gasteiger partial charge in [0.05, 0.1) is 24.0 Å². The van der Waals surface area contributed by atoms with E-state index in [0.717, 1.165) is 64.1 Å². The molecule has 7 heteroatoms. The number of hydrogen-bond donors (Lipinski definition) is 1. The van der Waals surface area contributed by atoms with Crippen molar-refractivity contribution < 1.29 is 9.53 Å². The minimum Gasteiger partial charge on any atom is -0.496 e. The van der Waals surface area contributed by atoms with Crippen molar-refractivity contribution in [2.45, 2.75) is 63.6 Å². The standard InChI is InChI=1S/C27H34N4O2S/c1-17-15-18(2)25(22(16-17)33-3)20-7-5-8-21-26(27(34-4)29-31(20)21)28-23(13-12-19-10-11-19)30-14-6-9-24(30)32/h5,7-8,15-16,19,23,28H,6,9-14H2,1-4H3. The number of amides is 1. The number of thioether (sulfide) groups is 1. The highest BCUT2D eigenvalue weighted by Gasteiger charge is 2.31. The van der Waals surface area contributed by atoms with Crippen LogP contribution in [0.15, 0.2) is 35.4 Å². The minimum absolute atomic E-state index is 0.00815. The van der Waals surface area contributed by atoms with E-state index in [9.17, 15) is 4.79 Å². The molecule has 180 valence electrons. The molecule has 1 aliphatic carbocycles. The van der Waals surface area contributed by atoms with Gasteiger partial charge < -0.3 is 15.0 Å². The van der Waals surface area contributed by atoms with Crippen molar-refractivity contribution in [2.75, 3.05) is 25.2 Å². The molecule has 0 spiro atoms. The second-order valence-electron chi connectivity index (χ2n) is 9.62. The van der Waals surface area contributed by atoms with Crippen molar-refractivity contribution in [2.24, 2.45) is 5.92 Å². The molecular formula is C27H34N4O2S. The van der Waals surface area contributed by atoms with Gasteiger partial charge in [-0.1, -0.05) is 25.0 Å². The van der Waals surface area contributed by atoms with Crippen LogP contribution in [-0.4, -0.2) is 46.5 Å². The molecule has 2 fully saturated rings. The predicted octanol–water partition coefficient (Wildman–Crippen LogP) is 5.90. The molecular weight excluding hydrogens is 444 g/mol. The summed E-state index contributed by atoms with van der Waals surface area (Å²) in [6, 6.07) is 10.6. The van der Waals surface area contributed by atoms with E-state index in [1.165, 1.54) is 24.8 Å². The number of hydrogen-bond acceptors (Lipinski definition) is 5. The highest BCUT2D eigenvalue weighted by molar-refractivity contribution is 7.98. The maximum Gasteiger partial charge on any atom is 0.224 e. The van der Waals surface area contributed by atoms with Gasteiger partial charge in [-0.3, -0.25) is 4.79 Å². The fraction of sp³-hybridized carbons (Fsp3) is 0.481. The molecule has 3 aromatic rings. The zero-order valence-corrected chi connectivity index (χ0v) is 21.4. The van der Waals surface area contributed by atoms with E-state index >= 15 is 0 Å². The summed E-state index contributed by atoms with van der Waals surface area (Å²) in [6.45, 7) is 5.04. The van der Waals surface area contributed by atoms with Crippen molar-refractivity contribution in [1.29, 1.82) is 0 Å². The van der Waals surface area contributed by atoms with Gasteiger partial charge in [-0.05, 0) is 74.6 Å². The van der Waals surface area contributed by atoms with E-state index in [2.05, 4.69) is 55.8 Å². The van der Waals surface area contributed by atoms with Crippen LogP contribution < -0.4 is 10.1 Å². The smallest absolute Gasteiger partial charge is 0.224 e. The highest BCUT2D eigenvalue weighted by atomic mass is 32.2. The van der Waals surface area contributed by atoms with Crippen LogP contribution in [0.2, 0.25) is 0 Å². The number of carbonyl (C=O) groups excluding carboxylic acids is 1. The van der Waals surface area contributed by atoms with Gasteiger partial charge in [0.25, 0.3) is 0 Å². The molecule has 1 aliphatic heterocycles. The van der Waals surface area contributed by atoms with Crippen LogP contribution in [0.3, 0.4) is 0 Å². The van der Waals surface area contributed by atoms with Crippen LogP contribution in [0, 0.1) is 19.8 Å². The predicted molar refractivity (Wildman–Crippen MR) is 139 cm³/mol. The van der Waals surface area contributed by atoms with Crippen molar-refractivity contribution in [3.8, 4) is 17.0 Å². The molecule has 1 aromatic carbocycles. The Morgan fingerprint density at radius 1 is 1.26 bits per heavy atom. The Bertz CT molecular complexity index is 1220. The number of carbonyl (C=O) groups is 1. The van der Waals surface area contributed by atoms with Gasteiger partial charge >= 0.3 is 0 Å². The molecule has 34 heavy (non-hydrogen) atoms. The van der Waals surface area contributed by atoms with Gasteiger partial charge in [-0.15, -0.1) is 11.8 Å². The molecule has 1 atom stereocenters. The zero-order valence-electron chi connectivity index (χ0n) is 20.6. The van der Waals surface area contributed by atoms with Gasteiger partial charge in [0, 0.05) is 18.5 Å². The first-order valence-electron chi connectivity index (χ1n) is 12.3. The molecule has 2 aromatic heterocycles. The lowest BCUT2D eigenvalue weighted by atomic mass is 10.0. The first-order valence-corrected chi connectivity index (χ1v) is 13.5. The topological polar surface area (TPSA) is 58.9 Å². The number of methoxy groups -OCH3 is 1. The van der Waals surface area contributed by atoms with Crippen LogP contribution >= 0.6 is 11.8 Å². The highest BCUT2D eigenvalue weighted by Crippen LogP contribution is 2.39. The lowest BCUT2D eigenvalue weighted by Crippen LogP contribution is -2.41. The number of aromatic nitrogens is 2. The number of ether oxygens (including phenoxy) is 1. The van der Waals surface area contributed by atoms with Gasteiger partial charge in [0.15, 0.2) is 0 Å². The summed E-state index contributed by atoms with van der Waals surface area (Å²) in [7, 11) is 1.72. The number of pyridine rings is 1. The van der Waals surface area contributed by atoms with Crippen LogP contribution in [-0.2, 0) is 4.79 Å². The summed E-state index contributed by atoms with van der Waals surface area (Å²) < 4.78 is 7.80. The molecule has 1 saturated carbocycles. The molecule has 1 saturated heterocycles. The summed E-state index contributed by atoms with van der Waals surface area (Å²) in [5, 5.41) is 9.73. The van der Waals surface area contributed by atoms with Crippen LogP contribution in [0.25, 0.3) is 16.8 Å². The van der Waals surface area contributed by atoms with Crippen LogP contribution in [0.4, 0.5) is 5.69 Å². The summed E-state index contributed by atoms with van der Waals surface area (Å²) in [6.07, 6.45) is 8.47. The molecule has 2 aliphatic rings. The number of benzene rings is 1. The molecule has 1 unspecified atom stereocenters. The molecule has 1 N–H and O–H groups in total. The van der Waals surface area contributed by atoms with E-state index in [1.807, 2.05) is 9.42 Å². The third-order valence-corrected chi connectivity index (χ3v) is 7.75. The Morgan fingerprint density at radius 2 is 2.09 bits per heavy atom. The van der Waals surface area contributed by atoms with E-state index in [4.69, 9.17) is 9.84 Å². The maximum absolute atomic E-state index is 12.6. The maximum atomic E-state index is 12.6. The molecule has 0 radical (unpaired) electrons. The number of nitrogens with one attached hydrogen (secondary N) is 1. The monoisotopic (exact) mass is 478 g/mol. The Balaban J connectivity index is 1.58. The second kappa shape index (κ2) is 9.53. The van der Waals surface area contributed by atoms with E-state index in [-0.39, 0.29) is 12.1 Å². The van der Waals surface area contributed by atoms with Gasteiger partial charge in [0.1, 0.15) is 16.9 Å². The Kier molecular flexibility index (Phi) is 6.47. The van der Waals surface area contributed by atoms with Crippen LogP contribution in [0.5, 0.6) is 5.75 Å². The zero-order chi connectivity index (χ0) is 23.8. The van der Waals surface area contributed by atoms with Crippen LogP contribution in [0.1, 0.15) is 49.7 Å². The van der Waals surface area contributed by atoms with Gasteiger partial charge in [-0.2, -0.15) is 5.10 Å². The van der Waals surface area contributed by atoms with E-state index < -0.39 is 0 Å². The van der Waals surface area contributed by atoms with Gasteiger partial charge in [-0.25, -0.2) is 4.52 Å². The number of anilines is 1. The molecule has 0 bridgehead atoms. The SMILES string of the molecule is COc1cc(C)cc(C)c1-c1cccc2c(NC(CCC3CC3)N3CCCC3=O)c(SC)nn12. The Labute approximate surface area is 206 Å². The van der Waals surface area contributed by atoms with Crippen molar-refractivity contribution in [3.05, 3.63) is 41.5 Å². The van der Waals surface area contributed by atoms with Gasteiger partial charge in [0.2, 0.25) is 5.91 Å². The second-order valence-corrected chi connectivity index (χ2v) is 10.4. The molecule has 6 nitrogen and oxygen atoms in total. The fourth-order valence-corrected chi connectivity index (χ4v) is 5.74. The summed E-state index contributed by atoms with van der Waals surface area (Å²) in [5.74, 6) is 1.94. The number of nitrogens with zero attached hydrogens (tertiary/aromatic N) is 3. The lowest BCUT2D eigenvalue weighted by Gasteiger charge is -2.29. The summed E-state index contributed by atoms with van der Waals surface area (Å²) >= 11 is 1.63. The van der Waals surface area contributed by atoms with E-state index in [1.54, 1.807) is 18.9 Å². The molecule has 3 heterocycles. The lowest BCUT2D eigenvalue weighted by molar-refractivity contribution is -0.129. The number of aryl methyl sites for hydroxylation is 2. The first-order chi connectivity index (χ1) is 16.5. The molecule has 5 rings (SSSR count). The minimum atomic E-state index is 0.00815.